The van der Waals surface area contributed by atoms with E-state index in [2.05, 4.69) is 0 Å². The fraction of sp³-hybridized carbons (Fsp3) is 0. The standard InChI is InChI=1S/4K.2Mg.8H. The van der Waals surface area contributed by atoms with Gasteiger partial charge in [0.05, 0.1) is 0 Å². The predicted molar refractivity (Wildman–Crippen MR) is 45.7 cm³/mol. The van der Waals surface area contributed by atoms with E-state index in [4.69, 9.17) is 0 Å². The van der Waals surface area contributed by atoms with Crippen LogP contribution in [0.15, 0.2) is 0 Å². The van der Waals surface area contributed by atoms with Gasteiger partial charge in [-0.25, -0.2) is 0 Å². The first kappa shape index (κ1) is 36.9. The summed E-state index contributed by atoms with van der Waals surface area (Å²) in [6.45, 7) is 0. The van der Waals surface area contributed by atoms with Crippen molar-refractivity contribution in [1.82, 2.24) is 0 Å². The molecule has 0 aromatic rings. The summed E-state index contributed by atoms with van der Waals surface area (Å²) in [5.74, 6) is 0. The van der Waals surface area contributed by atoms with Crippen molar-refractivity contribution in [3.05, 3.63) is 0 Å². The predicted octanol–water partition coefficient (Wildman–Crippen LogP) is -4.43. The van der Waals surface area contributed by atoms with Crippen LogP contribution >= 0.6 is 0 Å². The molecule has 0 saturated carbocycles. The average molecular weight is 213 g/mol. The number of rotatable bonds is 0. The Hall–Kier alpha value is 8.08. The van der Waals surface area contributed by atoms with Crippen molar-refractivity contribution < 1.29 is 0 Å². The molecule has 0 aliphatic heterocycles. The molecule has 6 heteroatoms. The maximum Gasteiger partial charge on any atom is 0.316 e. The van der Waals surface area contributed by atoms with Crippen LogP contribution in [-0.4, -0.2) is 252 Å². The average Bonchev–Trinajstić information content (AvgIpc) is 0. The normalized spacial score (nSPS) is 0. The van der Waals surface area contributed by atoms with Gasteiger partial charge >= 0.3 is 252 Å². The quantitative estimate of drug-likeness (QED) is 0.356. The summed E-state index contributed by atoms with van der Waals surface area (Å²) in [5.41, 5.74) is 0. The Balaban J connectivity index is 0. The van der Waals surface area contributed by atoms with Gasteiger partial charge in [-0.05, 0) is 0 Å². The fourth-order valence-electron chi connectivity index (χ4n) is 0. The van der Waals surface area contributed by atoms with E-state index in [-0.39, 0.29) is 252 Å². The van der Waals surface area contributed by atoms with Crippen LogP contribution in [0.3, 0.4) is 0 Å². The zero-order chi connectivity index (χ0) is 0. The van der Waals surface area contributed by atoms with Crippen LogP contribution in [0, 0.1) is 0 Å². The Morgan fingerprint density at radius 1 is 0.333 bits per heavy atom. The monoisotopic (exact) mass is 212 g/mol. The van der Waals surface area contributed by atoms with Crippen molar-refractivity contribution >= 4 is 252 Å². The van der Waals surface area contributed by atoms with E-state index in [1.165, 1.54) is 0 Å². The Kier molecular flexibility index (Phi) is 180. The maximum atomic E-state index is 0. The fourth-order valence-corrected chi connectivity index (χ4v) is 0. The van der Waals surface area contributed by atoms with Gasteiger partial charge in [-0.1, -0.05) is 0 Å². The second kappa shape index (κ2) is 29.2. The van der Waals surface area contributed by atoms with Gasteiger partial charge in [0.2, 0.25) is 0 Å². The zero-order valence-corrected chi connectivity index (χ0v) is 0. The van der Waals surface area contributed by atoms with Crippen LogP contribution in [0.2, 0.25) is 0 Å². The Morgan fingerprint density at radius 2 is 0.333 bits per heavy atom. The number of hydrogen-bond donors (Lipinski definition) is 0. The van der Waals surface area contributed by atoms with Crippen molar-refractivity contribution in [3.63, 3.8) is 0 Å². The largest absolute Gasteiger partial charge is 0.316 e. The summed E-state index contributed by atoms with van der Waals surface area (Å²) < 4.78 is 0. The molecule has 0 radical (unpaired) electrons. The molecule has 0 saturated heterocycles. The summed E-state index contributed by atoms with van der Waals surface area (Å²) in [7, 11) is 0. The Bertz CT molecular complexity index is 5.51. The molecule has 0 amide bonds. The molecule has 0 unspecified atom stereocenters. The second-order valence-electron chi connectivity index (χ2n) is 0. The van der Waals surface area contributed by atoms with Gasteiger partial charge < -0.3 is 0 Å². The second-order valence-corrected chi connectivity index (χ2v) is 0. The SMILES string of the molecule is [KH].[KH].[KH].[KH].[MgH2].[MgH2]. The molecule has 0 bridgehead atoms. The maximum absolute atomic E-state index is 0. The minimum absolute atomic E-state index is 0. The summed E-state index contributed by atoms with van der Waals surface area (Å²) >= 11 is 0. The molecule has 6 heavy (non-hydrogen) atoms. The summed E-state index contributed by atoms with van der Waals surface area (Å²) in [6.07, 6.45) is 0. The molecule has 0 heterocycles. The minimum atomic E-state index is 0. The minimum Gasteiger partial charge on any atom is 0.316 e. The van der Waals surface area contributed by atoms with Crippen molar-refractivity contribution in [2.24, 2.45) is 0 Å². The molecule has 0 spiro atoms. The molecular weight excluding hydrogens is 205 g/mol. The van der Waals surface area contributed by atoms with E-state index in [9.17, 15) is 0 Å². The van der Waals surface area contributed by atoms with Crippen LogP contribution in [-0.2, 0) is 0 Å². The Morgan fingerprint density at radius 3 is 0.333 bits per heavy atom. The smallest absolute Gasteiger partial charge is 0.316 e. The van der Waals surface area contributed by atoms with E-state index in [1.54, 1.807) is 0 Å². The first-order valence-corrected chi connectivity index (χ1v) is 0. The molecule has 0 fully saturated rings. The molecule has 0 aliphatic rings. The van der Waals surface area contributed by atoms with Gasteiger partial charge in [0.15, 0.2) is 0 Å². The van der Waals surface area contributed by atoms with Gasteiger partial charge in [-0.3, -0.25) is 0 Å². The first-order chi connectivity index (χ1) is 0. The van der Waals surface area contributed by atoms with Crippen molar-refractivity contribution in [3.8, 4) is 0 Å². The third-order valence-corrected chi connectivity index (χ3v) is 0. The zero-order valence-electron chi connectivity index (χ0n) is 0. The van der Waals surface area contributed by atoms with Crippen LogP contribution in [0.5, 0.6) is 0 Å². The van der Waals surface area contributed by atoms with Gasteiger partial charge in [-0.2, -0.15) is 0 Å². The molecule has 0 N–H and O–H groups in total. The molecule has 0 nitrogen and oxygen atoms in total. The van der Waals surface area contributed by atoms with E-state index in [0.717, 1.165) is 0 Å². The molecule has 0 atom stereocenters. The number of hydrogen-bond acceptors (Lipinski definition) is 0. The van der Waals surface area contributed by atoms with E-state index in [0.29, 0.717) is 0 Å². The van der Waals surface area contributed by atoms with Crippen LogP contribution in [0.4, 0.5) is 0 Å². The summed E-state index contributed by atoms with van der Waals surface area (Å²) in [6, 6.07) is 0. The van der Waals surface area contributed by atoms with Gasteiger partial charge in [0.1, 0.15) is 0 Å². The molecule has 0 aromatic heterocycles. The molecule has 16 valence electrons. The molecular formula is H8K4Mg2. The van der Waals surface area contributed by atoms with Gasteiger partial charge in [0.25, 0.3) is 0 Å². The van der Waals surface area contributed by atoms with E-state index in [1.807, 2.05) is 0 Å². The van der Waals surface area contributed by atoms with Crippen molar-refractivity contribution in [2.75, 3.05) is 0 Å². The third-order valence-electron chi connectivity index (χ3n) is 0. The third kappa shape index (κ3) is 22.7. The first-order valence-electron chi connectivity index (χ1n) is 0. The Labute approximate surface area is 242 Å². The summed E-state index contributed by atoms with van der Waals surface area (Å²) in [4.78, 5) is 0. The molecule has 0 aromatic carbocycles. The van der Waals surface area contributed by atoms with Gasteiger partial charge in [0, 0.05) is 0 Å². The van der Waals surface area contributed by atoms with E-state index >= 15 is 0 Å². The van der Waals surface area contributed by atoms with Crippen LogP contribution < -0.4 is 0 Å². The van der Waals surface area contributed by atoms with Crippen LogP contribution in [0.1, 0.15) is 0 Å². The van der Waals surface area contributed by atoms with Crippen molar-refractivity contribution in [1.29, 1.82) is 0 Å². The molecule has 0 rings (SSSR count). The summed E-state index contributed by atoms with van der Waals surface area (Å²) in [5, 5.41) is 0. The molecule has 0 aliphatic carbocycles. The van der Waals surface area contributed by atoms with E-state index < -0.39 is 0 Å². The van der Waals surface area contributed by atoms with Crippen molar-refractivity contribution in [2.45, 2.75) is 0 Å². The van der Waals surface area contributed by atoms with Crippen LogP contribution in [0.25, 0.3) is 0 Å². The topological polar surface area (TPSA) is 0 Å². The van der Waals surface area contributed by atoms with Gasteiger partial charge in [-0.15, -0.1) is 0 Å².